The van der Waals surface area contributed by atoms with E-state index < -0.39 is 12.2 Å². The third-order valence-electron chi connectivity index (χ3n) is 4.01. The van der Waals surface area contributed by atoms with E-state index in [0.717, 1.165) is 23.6 Å². The molecule has 0 saturated heterocycles. The molecule has 1 heterocycles. The van der Waals surface area contributed by atoms with E-state index in [2.05, 4.69) is 15.9 Å². The van der Waals surface area contributed by atoms with E-state index >= 15 is 0 Å². The van der Waals surface area contributed by atoms with Crippen LogP contribution in [-0.4, -0.2) is 48.5 Å². The highest BCUT2D eigenvalue weighted by atomic mass is 79.9. The predicted octanol–water partition coefficient (Wildman–Crippen LogP) is 1.78. The van der Waals surface area contributed by atoms with Gasteiger partial charge in [-0.25, -0.2) is 0 Å². The average Bonchev–Trinajstić information content (AvgIpc) is 2.99. The Bertz CT molecular complexity index is 521. The van der Waals surface area contributed by atoms with Gasteiger partial charge in [-0.3, -0.25) is 0 Å². The minimum absolute atomic E-state index is 0.158. The minimum Gasteiger partial charge on any atom is -0.492 e. The zero-order valence-electron chi connectivity index (χ0n) is 12.6. The molecule has 0 aromatic heterocycles. The minimum atomic E-state index is -0.683. The standard InChI is InChI=1S/C14H17BrO5.CH4O/c1-18-14-12(15)8(5-11-13(14)20-6-19-11)7-2-3-9(16)10(17)4-7;1-2/h5,7,9-10,16-17H,2-4,6H2,1H3;2H,1H3. The van der Waals surface area contributed by atoms with E-state index in [1.165, 1.54) is 0 Å². The van der Waals surface area contributed by atoms with E-state index in [-0.39, 0.29) is 12.7 Å². The normalized spacial score (nSPS) is 26.2. The number of aliphatic hydroxyl groups is 3. The van der Waals surface area contributed by atoms with Crippen molar-refractivity contribution < 1.29 is 29.5 Å². The zero-order chi connectivity index (χ0) is 16.3. The van der Waals surface area contributed by atoms with Gasteiger partial charge in [-0.2, -0.15) is 0 Å². The van der Waals surface area contributed by atoms with Crippen LogP contribution in [0.2, 0.25) is 0 Å². The lowest BCUT2D eigenvalue weighted by Crippen LogP contribution is -2.32. The van der Waals surface area contributed by atoms with Crippen LogP contribution in [0.1, 0.15) is 30.7 Å². The van der Waals surface area contributed by atoms with Crippen LogP contribution in [0.4, 0.5) is 0 Å². The summed E-state index contributed by atoms with van der Waals surface area (Å²) in [4.78, 5) is 0. The number of halogens is 1. The van der Waals surface area contributed by atoms with Crippen molar-refractivity contribution in [1.29, 1.82) is 0 Å². The Morgan fingerprint density at radius 2 is 1.91 bits per heavy atom. The average molecular weight is 377 g/mol. The molecule has 7 heteroatoms. The number of hydrogen-bond acceptors (Lipinski definition) is 6. The molecule has 0 spiro atoms. The quantitative estimate of drug-likeness (QED) is 0.728. The van der Waals surface area contributed by atoms with Crippen LogP contribution in [0.3, 0.4) is 0 Å². The molecule has 3 rings (SSSR count). The molecule has 6 nitrogen and oxygen atoms in total. The Morgan fingerprint density at radius 3 is 2.55 bits per heavy atom. The molecule has 3 atom stereocenters. The summed E-state index contributed by atoms with van der Waals surface area (Å²) in [6.07, 6.45) is 0.634. The fraction of sp³-hybridized carbons (Fsp3) is 0.600. The van der Waals surface area contributed by atoms with Gasteiger partial charge in [-0.1, -0.05) is 0 Å². The number of rotatable bonds is 2. The highest BCUT2D eigenvalue weighted by molar-refractivity contribution is 9.10. The fourth-order valence-corrected chi connectivity index (χ4v) is 3.68. The van der Waals surface area contributed by atoms with Gasteiger partial charge >= 0.3 is 0 Å². The maximum atomic E-state index is 9.87. The molecular formula is C15H21BrO6. The van der Waals surface area contributed by atoms with Crippen molar-refractivity contribution in [2.24, 2.45) is 0 Å². The number of benzene rings is 1. The van der Waals surface area contributed by atoms with Gasteiger partial charge in [0.1, 0.15) is 0 Å². The van der Waals surface area contributed by atoms with Crippen molar-refractivity contribution in [1.82, 2.24) is 0 Å². The highest BCUT2D eigenvalue weighted by Crippen LogP contribution is 2.50. The van der Waals surface area contributed by atoms with Crippen molar-refractivity contribution in [2.45, 2.75) is 37.4 Å². The fourth-order valence-electron chi connectivity index (χ4n) is 2.90. The molecule has 22 heavy (non-hydrogen) atoms. The molecular weight excluding hydrogens is 356 g/mol. The molecule has 2 aliphatic rings. The van der Waals surface area contributed by atoms with Gasteiger partial charge in [-0.15, -0.1) is 0 Å². The van der Waals surface area contributed by atoms with Crippen LogP contribution >= 0.6 is 15.9 Å². The van der Waals surface area contributed by atoms with Gasteiger partial charge in [0.05, 0.1) is 23.8 Å². The highest BCUT2D eigenvalue weighted by Gasteiger charge is 2.33. The number of methoxy groups -OCH3 is 1. The summed E-state index contributed by atoms with van der Waals surface area (Å²) >= 11 is 3.56. The molecule has 1 aromatic carbocycles. The Labute approximate surface area is 137 Å². The topological polar surface area (TPSA) is 88.4 Å². The van der Waals surface area contributed by atoms with E-state index in [0.29, 0.717) is 30.1 Å². The number of fused-ring (bicyclic) bond motifs is 1. The largest absolute Gasteiger partial charge is 0.492 e. The van der Waals surface area contributed by atoms with Crippen LogP contribution in [-0.2, 0) is 0 Å². The van der Waals surface area contributed by atoms with Crippen molar-refractivity contribution in [3.05, 3.63) is 16.1 Å². The van der Waals surface area contributed by atoms with E-state index in [1.807, 2.05) is 6.07 Å². The van der Waals surface area contributed by atoms with Gasteiger partial charge in [0.25, 0.3) is 0 Å². The SMILES string of the molecule is CO.COc1c(Br)c(C2CCC(O)C(O)C2)cc2c1OCO2. The summed E-state index contributed by atoms with van der Waals surface area (Å²) in [7, 11) is 2.59. The van der Waals surface area contributed by atoms with Crippen molar-refractivity contribution >= 4 is 15.9 Å². The van der Waals surface area contributed by atoms with Gasteiger partial charge in [-0.05, 0) is 52.7 Å². The summed E-state index contributed by atoms with van der Waals surface area (Å²) in [5.74, 6) is 2.06. The van der Waals surface area contributed by atoms with Gasteiger partial charge in [0, 0.05) is 7.11 Å². The third kappa shape index (κ3) is 3.17. The Kier molecular flexibility index (Phi) is 5.91. The lowest BCUT2D eigenvalue weighted by Gasteiger charge is -2.31. The van der Waals surface area contributed by atoms with Crippen LogP contribution in [0.25, 0.3) is 0 Å². The lowest BCUT2D eigenvalue weighted by molar-refractivity contribution is -0.0150. The monoisotopic (exact) mass is 376 g/mol. The number of hydrogen-bond donors (Lipinski definition) is 3. The smallest absolute Gasteiger partial charge is 0.231 e. The first-order valence-electron chi connectivity index (χ1n) is 7.08. The predicted molar refractivity (Wildman–Crippen MR) is 83.6 cm³/mol. The van der Waals surface area contributed by atoms with Crippen LogP contribution in [0, 0.1) is 0 Å². The summed E-state index contributed by atoms with van der Waals surface area (Å²) in [6, 6.07) is 1.93. The van der Waals surface area contributed by atoms with Gasteiger partial charge < -0.3 is 29.5 Å². The zero-order valence-corrected chi connectivity index (χ0v) is 14.2. The first kappa shape index (κ1) is 17.3. The van der Waals surface area contributed by atoms with Gasteiger partial charge in [0.15, 0.2) is 11.5 Å². The second kappa shape index (κ2) is 7.50. The molecule has 0 amide bonds. The van der Waals surface area contributed by atoms with E-state index in [4.69, 9.17) is 19.3 Å². The molecule has 3 N–H and O–H groups in total. The summed E-state index contributed by atoms with van der Waals surface area (Å²) in [5, 5.41) is 26.5. The lowest BCUT2D eigenvalue weighted by atomic mass is 9.81. The van der Waals surface area contributed by atoms with Crippen molar-refractivity contribution in [3.8, 4) is 17.2 Å². The summed E-state index contributed by atoms with van der Waals surface area (Å²) < 4.78 is 17.1. The Morgan fingerprint density at radius 1 is 1.18 bits per heavy atom. The summed E-state index contributed by atoms with van der Waals surface area (Å²) in [5.41, 5.74) is 1.03. The first-order chi connectivity index (χ1) is 10.6. The second-order valence-electron chi connectivity index (χ2n) is 5.19. The van der Waals surface area contributed by atoms with Crippen LogP contribution < -0.4 is 14.2 Å². The molecule has 3 unspecified atom stereocenters. The first-order valence-corrected chi connectivity index (χ1v) is 7.88. The number of ether oxygens (including phenoxy) is 3. The molecule has 1 fully saturated rings. The maximum Gasteiger partial charge on any atom is 0.231 e. The number of aliphatic hydroxyl groups excluding tert-OH is 3. The Hall–Kier alpha value is -1.02. The van der Waals surface area contributed by atoms with Crippen LogP contribution in [0.5, 0.6) is 17.2 Å². The van der Waals surface area contributed by atoms with Gasteiger partial charge in [0.2, 0.25) is 12.5 Å². The Balaban J connectivity index is 0.000000847. The van der Waals surface area contributed by atoms with E-state index in [1.54, 1.807) is 7.11 Å². The second-order valence-corrected chi connectivity index (χ2v) is 5.98. The van der Waals surface area contributed by atoms with E-state index in [9.17, 15) is 10.2 Å². The molecule has 124 valence electrons. The van der Waals surface area contributed by atoms with Crippen molar-refractivity contribution in [2.75, 3.05) is 21.0 Å². The third-order valence-corrected chi connectivity index (χ3v) is 4.83. The summed E-state index contributed by atoms with van der Waals surface area (Å²) in [6.45, 7) is 0.188. The molecule has 0 radical (unpaired) electrons. The molecule has 1 aliphatic heterocycles. The molecule has 1 saturated carbocycles. The van der Waals surface area contributed by atoms with Crippen LogP contribution in [0.15, 0.2) is 10.5 Å². The molecule has 0 bridgehead atoms. The van der Waals surface area contributed by atoms with Crippen molar-refractivity contribution in [3.63, 3.8) is 0 Å². The maximum absolute atomic E-state index is 9.87. The molecule has 1 aliphatic carbocycles. The molecule has 1 aromatic rings.